The molecule has 0 aliphatic rings. The first-order valence-electron chi connectivity index (χ1n) is 8.26. The predicted octanol–water partition coefficient (Wildman–Crippen LogP) is 6.16. The molecule has 1 N–H and O–H groups in total. The summed E-state index contributed by atoms with van der Waals surface area (Å²) >= 11 is 9.03. The van der Waals surface area contributed by atoms with Crippen molar-refractivity contribution in [2.75, 3.05) is 5.32 Å². The molecule has 0 saturated heterocycles. The summed E-state index contributed by atoms with van der Waals surface area (Å²) in [6.45, 7) is -0.222. The topological polar surface area (TPSA) is 56.2 Å². The third-order valence-corrected chi connectivity index (χ3v) is 4.76. The van der Waals surface area contributed by atoms with Crippen LogP contribution in [0.25, 0.3) is 0 Å². The maximum atomic E-state index is 13.9. The number of benzene rings is 2. The van der Waals surface area contributed by atoms with Crippen molar-refractivity contribution in [3.63, 3.8) is 0 Å². The number of halogens is 9. The van der Waals surface area contributed by atoms with Gasteiger partial charge in [-0.25, -0.2) is 22.2 Å². The summed E-state index contributed by atoms with van der Waals surface area (Å²) < 4.78 is 100. The molecule has 0 atom stereocenters. The van der Waals surface area contributed by atoms with Gasteiger partial charge in [-0.2, -0.15) is 18.3 Å². The van der Waals surface area contributed by atoms with Crippen molar-refractivity contribution in [2.24, 2.45) is 0 Å². The van der Waals surface area contributed by atoms with Crippen LogP contribution in [0.1, 0.15) is 16.1 Å². The van der Waals surface area contributed by atoms with Gasteiger partial charge in [-0.3, -0.25) is 4.79 Å². The number of nitrogens with zero attached hydrogens (tertiary/aromatic N) is 2. The van der Waals surface area contributed by atoms with E-state index in [9.17, 15) is 35.5 Å². The van der Waals surface area contributed by atoms with E-state index >= 15 is 0 Å². The number of amides is 1. The van der Waals surface area contributed by atoms with Gasteiger partial charge in [0.05, 0.1) is 4.47 Å². The number of hydrogen-bond donors (Lipinski definition) is 1. The minimum absolute atomic E-state index is 0.222. The number of alkyl halides is 3. The van der Waals surface area contributed by atoms with E-state index in [0.29, 0.717) is 15.2 Å². The molecular weight excluding hydrogens is 539 g/mol. The summed E-state index contributed by atoms with van der Waals surface area (Å²) in [5, 5.41) is 5.68. The molecule has 0 bridgehead atoms. The fourth-order valence-electron chi connectivity index (χ4n) is 2.45. The minimum Gasteiger partial charge on any atom is -0.470 e. The molecule has 0 fully saturated rings. The molecule has 1 aromatic heterocycles. The van der Waals surface area contributed by atoms with Gasteiger partial charge in [-0.15, -0.1) is 0 Å². The molecule has 14 heteroatoms. The Labute approximate surface area is 187 Å². The van der Waals surface area contributed by atoms with Crippen LogP contribution < -0.4 is 10.1 Å². The van der Waals surface area contributed by atoms with Crippen molar-refractivity contribution in [2.45, 2.75) is 12.9 Å². The van der Waals surface area contributed by atoms with Gasteiger partial charge in [0.15, 0.2) is 35.7 Å². The zero-order valence-electron chi connectivity index (χ0n) is 15.2. The first kappa shape index (κ1) is 23.9. The lowest BCUT2D eigenvalue weighted by atomic mass is 10.1. The van der Waals surface area contributed by atoms with Crippen LogP contribution in [0.3, 0.4) is 0 Å². The number of carbonyl (C=O) groups is 1. The normalized spacial score (nSPS) is 11.5. The lowest BCUT2D eigenvalue weighted by Crippen LogP contribution is -2.21. The smallest absolute Gasteiger partial charge is 0.422 e. The van der Waals surface area contributed by atoms with Crippen molar-refractivity contribution in [1.29, 1.82) is 0 Å². The van der Waals surface area contributed by atoms with Crippen LogP contribution in [-0.4, -0.2) is 15.7 Å². The van der Waals surface area contributed by atoms with Gasteiger partial charge in [0.1, 0.15) is 17.0 Å². The maximum absolute atomic E-state index is 13.9. The summed E-state index contributed by atoms with van der Waals surface area (Å²) in [5.74, 6) is -11.2. The van der Waals surface area contributed by atoms with Crippen LogP contribution in [0.15, 0.2) is 34.9 Å². The van der Waals surface area contributed by atoms with E-state index in [1.807, 2.05) is 0 Å². The number of ether oxygens (including phenoxy) is 1. The minimum atomic E-state index is -5.70. The van der Waals surface area contributed by atoms with Crippen molar-refractivity contribution in [3.8, 4) is 5.75 Å². The Hall–Kier alpha value is -2.80. The highest BCUT2D eigenvalue weighted by atomic mass is 79.9. The molecule has 3 rings (SSSR count). The van der Waals surface area contributed by atoms with Crippen molar-refractivity contribution >= 4 is 39.1 Å². The fourth-order valence-corrected chi connectivity index (χ4v) is 3.25. The third kappa shape index (κ3) is 4.83. The van der Waals surface area contributed by atoms with Crippen LogP contribution in [0.2, 0.25) is 5.02 Å². The van der Waals surface area contributed by atoms with Gasteiger partial charge in [0.2, 0.25) is 0 Å². The summed E-state index contributed by atoms with van der Waals surface area (Å²) in [4.78, 5) is 12.2. The second-order valence-corrected chi connectivity index (χ2v) is 7.34. The summed E-state index contributed by atoms with van der Waals surface area (Å²) in [5.41, 5.74) is -4.95. The standard InChI is InChI=1S/C18H8BrClF7N3O2/c19-8-5-7(20)1-2-10(8)32-6-30-4-3-9(29-30)17(31)28-16-14(23)12(21)11(18(25,26)27)13(22)15(16)24/h1-5H,6H2,(H,28,31). The van der Waals surface area contributed by atoms with E-state index in [1.54, 1.807) is 18.2 Å². The number of anilines is 1. The molecular formula is C18H8BrClF7N3O2. The molecule has 0 saturated carbocycles. The Morgan fingerprint density at radius 3 is 2.28 bits per heavy atom. The Kier molecular flexibility index (Phi) is 6.69. The zero-order valence-corrected chi connectivity index (χ0v) is 17.5. The summed E-state index contributed by atoms with van der Waals surface area (Å²) in [6, 6.07) is 5.73. The largest absolute Gasteiger partial charge is 0.470 e. The average molecular weight is 547 g/mol. The number of rotatable bonds is 5. The van der Waals surface area contributed by atoms with E-state index in [4.69, 9.17) is 16.3 Å². The monoisotopic (exact) mass is 545 g/mol. The fraction of sp³-hybridized carbons (Fsp3) is 0.111. The second-order valence-electron chi connectivity index (χ2n) is 6.05. The van der Waals surface area contributed by atoms with Gasteiger partial charge in [-0.1, -0.05) is 11.6 Å². The molecule has 0 aliphatic heterocycles. The molecule has 0 aliphatic carbocycles. The van der Waals surface area contributed by atoms with Gasteiger partial charge in [0, 0.05) is 11.2 Å². The van der Waals surface area contributed by atoms with Crippen LogP contribution >= 0.6 is 27.5 Å². The van der Waals surface area contributed by atoms with Crippen molar-refractivity contribution < 1.29 is 40.3 Å². The quantitative estimate of drug-likeness (QED) is 0.308. The van der Waals surface area contributed by atoms with Gasteiger partial charge < -0.3 is 10.1 Å². The lowest BCUT2D eigenvalue weighted by molar-refractivity contribution is -0.143. The highest BCUT2D eigenvalue weighted by Gasteiger charge is 2.42. The molecule has 3 aromatic rings. The van der Waals surface area contributed by atoms with E-state index in [2.05, 4.69) is 21.0 Å². The summed E-state index contributed by atoms with van der Waals surface area (Å²) in [7, 11) is 0. The molecule has 2 aromatic carbocycles. The molecule has 0 radical (unpaired) electrons. The third-order valence-electron chi connectivity index (χ3n) is 3.90. The zero-order chi connectivity index (χ0) is 23.8. The molecule has 1 heterocycles. The molecule has 5 nitrogen and oxygen atoms in total. The second kappa shape index (κ2) is 8.98. The Morgan fingerprint density at radius 2 is 1.72 bits per heavy atom. The van der Waals surface area contributed by atoms with Crippen molar-refractivity contribution in [1.82, 2.24) is 9.78 Å². The number of nitrogens with one attached hydrogen (secondary N) is 1. The van der Waals surface area contributed by atoms with Crippen molar-refractivity contribution in [3.05, 3.63) is 74.5 Å². The Morgan fingerprint density at radius 1 is 1.09 bits per heavy atom. The Balaban J connectivity index is 1.78. The van der Waals surface area contributed by atoms with E-state index in [-0.39, 0.29) is 6.73 Å². The summed E-state index contributed by atoms with van der Waals surface area (Å²) in [6.07, 6.45) is -4.46. The number of hydrogen-bond acceptors (Lipinski definition) is 3. The van der Waals surface area contributed by atoms with Crippen LogP contribution in [0, 0.1) is 23.3 Å². The van der Waals surface area contributed by atoms with E-state index < -0.39 is 52.3 Å². The van der Waals surface area contributed by atoms with Gasteiger partial charge in [0.25, 0.3) is 5.91 Å². The molecule has 32 heavy (non-hydrogen) atoms. The van der Waals surface area contributed by atoms with E-state index in [1.165, 1.54) is 11.5 Å². The molecule has 170 valence electrons. The van der Waals surface area contributed by atoms with Crippen LogP contribution in [-0.2, 0) is 12.9 Å². The van der Waals surface area contributed by atoms with Crippen LogP contribution in [0.5, 0.6) is 5.75 Å². The van der Waals surface area contributed by atoms with E-state index in [0.717, 1.165) is 10.7 Å². The maximum Gasteiger partial charge on any atom is 0.422 e. The van der Waals surface area contributed by atoms with Crippen LogP contribution in [0.4, 0.5) is 36.4 Å². The average Bonchev–Trinajstić information content (AvgIpc) is 3.17. The predicted molar refractivity (Wildman–Crippen MR) is 101 cm³/mol. The highest BCUT2D eigenvalue weighted by molar-refractivity contribution is 9.10. The van der Waals surface area contributed by atoms with Gasteiger partial charge in [-0.05, 0) is 40.2 Å². The molecule has 0 spiro atoms. The first-order valence-corrected chi connectivity index (χ1v) is 9.43. The first-order chi connectivity index (χ1) is 14.9. The number of carbonyl (C=O) groups excluding carboxylic acids is 1. The lowest BCUT2D eigenvalue weighted by Gasteiger charge is -2.14. The highest BCUT2D eigenvalue weighted by Crippen LogP contribution is 2.38. The molecule has 1 amide bonds. The van der Waals surface area contributed by atoms with Gasteiger partial charge >= 0.3 is 6.18 Å². The SMILES string of the molecule is O=C(Nc1c(F)c(F)c(C(F)(F)F)c(F)c1F)c1ccn(COc2ccc(Cl)cc2Br)n1. The molecule has 0 unspecified atom stereocenters. The Bertz CT molecular complexity index is 1170. The number of aromatic nitrogens is 2.